The van der Waals surface area contributed by atoms with Gasteiger partial charge in [-0.3, -0.25) is 14.9 Å². The zero-order valence-corrected chi connectivity index (χ0v) is 12.7. The van der Waals surface area contributed by atoms with Crippen LogP contribution in [0.15, 0.2) is 34.6 Å². The average Bonchev–Trinajstić information content (AvgIpc) is 2.96. The Morgan fingerprint density at radius 3 is 2.87 bits per heavy atom. The molecule has 1 aromatic carbocycles. The lowest BCUT2D eigenvalue weighted by molar-refractivity contribution is 0.112. The molecule has 0 radical (unpaired) electrons. The van der Waals surface area contributed by atoms with E-state index in [9.17, 15) is 10.1 Å². The number of nitrogens with one attached hydrogen (secondary N) is 1. The summed E-state index contributed by atoms with van der Waals surface area (Å²) < 4.78 is 0. The number of rotatable bonds is 2. The number of H-pyrrole nitrogens is 1. The maximum Gasteiger partial charge on any atom is 0.195 e. The molecule has 1 aliphatic rings. The van der Waals surface area contributed by atoms with Gasteiger partial charge in [0, 0.05) is 22.7 Å². The number of aliphatic imine (C=N–C) groups is 1. The topological polar surface area (TPSA) is 86.3 Å². The highest BCUT2D eigenvalue weighted by atomic mass is 16.1. The summed E-state index contributed by atoms with van der Waals surface area (Å²) in [5.41, 5.74) is 3.69. The van der Waals surface area contributed by atoms with Gasteiger partial charge in [0.15, 0.2) is 12.0 Å². The summed E-state index contributed by atoms with van der Waals surface area (Å²) >= 11 is 0. The lowest BCUT2D eigenvalue weighted by Crippen LogP contribution is -2.24. The predicted molar refractivity (Wildman–Crippen MR) is 85.7 cm³/mol. The number of hydrogen-bond donors (Lipinski definition) is 1. The van der Waals surface area contributed by atoms with Crippen LogP contribution in [0.5, 0.6) is 0 Å². The fraction of sp³-hybridized carbons (Fsp3) is 0.235. The van der Waals surface area contributed by atoms with Crippen molar-refractivity contribution in [2.24, 2.45) is 10.9 Å². The van der Waals surface area contributed by atoms with Crippen LogP contribution in [0.4, 0.5) is 0 Å². The van der Waals surface area contributed by atoms with Gasteiger partial charge in [0.05, 0.1) is 24.1 Å². The smallest absolute Gasteiger partial charge is 0.195 e. The molecular formula is C17H13N5O. The number of carbonyl (C=O) groups excluding carboxylic acids is 1. The molecule has 0 amide bonds. The number of aromatic nitrogens is 2. The van der Waals surface area contributed by atoms with Gasteiger partial charge >= 0.3 is 0 Å². The van der Waals surface area contributed by atoms with Crippen LogP contribution in [-0.4, -0.2) is 22.2 Å². The molecule has 112 valence electrons. The normalized spacial score (nSPS) is 20.8. The van der Waals surface area contributed by atoms with Crippen molar-refractivity contribution in [3.63, 3.8) is 0 Å². The van der Waals surface area contributed by atoms with E-state index in [0.29, 0.717) is 40.0 Å². The molecule has 6 nitrogen and oxygen atoms in total. The molecule has 2 unspecified atom stereocenters. The standard InChI is InChI=1S/C17H13N5O/c1-9-13(7-18)16(17(19-3)10(2)20-9)11-4-5-14-12(6-11)15(8-23)22-21-14/h4-6,8,13,16H,1-2H3,(H,21,22). The van der Waals surface area contributed by atoms with E-state index in [2.05, 4.69) is 26.1 Å². The number of allylic oxidation sites excluding steroid dienone is 2. The minimum absolute atomic E-state index is 0.381. The van der Waals surface area contributed by atoms with Crippen LogP contribution in [-0.2, 0) is 0 Å². The highest BCUT2D eigenvalue weighted by Gasteiger charge is 2.34. The summed E-state index contributed by atoms with van der Waals surface area (Å²) in [5, 5.41) is 17.0. The van der Waals surface area contributed by atoms with Gasteiger partial charge in [-0.25, -0.2) is 4.85 Å². The fourth-order valence-electron chi connectivity index (χ4n) is 3.02. The van der Waals surface area contributed by atoms with Crippen molar-refractivity contribution < 1.29 is 4.79 Å². The first kappa shape index (κ1) is 14.7. The van der Waals surface area contributed by atoms with Gasteiger partial charge in [-0.2, -0.15) is 10.4 Å². The Morgan fingerprint density at radius 1 is 1.43 bits per heavy atom. The third-order valence-corrected chi connectivity index (χ3v) is 4.14. The highest BCUT2D eigenvalue weighted by molar-refractivity contribution is 5.95. The molecule has 1 aromatic heterocycles. The van der Waals surface area contributed by atoms with E-state index in [1.807, 2.05) is 12.1 Å². The lowest BCUT2D eigenvalue weighted by atomic mass is 9.79. The van der Waals surface area contributed by atoms with Crippen molar-refractivity contribution in [3.8, 4) is 6.07 Å². The molecule has 0 saturated carbocycles. The third kappa shape index (κ3) is 2.21. The lowest BCUT2D eigenvalue weighted by Gasteiger charge is -2.26. The minimum atomic E-state index is -0.494. The Bertz CT molecular complexity index is 951. The molecule has 0 spiro atoms. The molecule has 2 aromatic rings. The van der Waals surface area contributed by atoms with E-state index >= 15 is 0 Å². The number of aldehydes is 1. The molecule has 6 heteroatoms. The molecule has 1 N–H and O–H groups in total. The third-order valence-electron chi connectivity index (χ3n) is 4.14. The monoisotopic (exact) mass is 303 g/mol. The van der Waals surface area contributed by atoms with Gasteiger partial charge in [-0.1, -0.05) is 6.07 Å². The van der Waals surface area contributed by atoms with Crippen molar-refractivity contribution in [2.75, 3.05) is 0 Å². The summed E-state index contributed by atoms with van der Waals surface area (Å²) in [5.74, 6) is -0.874. The van der Waals surface area contributed by atoms with Crippen LogP contribution in [0.25, 0.3) is 15.7 Å². The summed E-state index contributed by atoms with van der Waals surface area (Å²) in [6, 6.07) is 7.73. The molecular weight excluding hydrogens is 290 g/mol. The molecule has 1 aliphatic heterocycles. The zero-order chi connectivity index (χ0) is 16.6. The maximum absolute atomic E-state index is 11.1. The summed E-state index contributed by atoms with van der Waals surface area (Å²) in [4.78, 5) is 19.1. The van der Waals surface area contributed by atoms with Crippen LogP contribution in [0.2, 0.25) is 0 Å². The number of nitriles is 1. The van der Waals surface area contributed by atoms with Crippen LogP contribution in [0.3, 0.4) is 0 Å². The Labute approximate surface area is 133 Å². The molecule has 23 heavy (non-hydrogen) atoms. The molecule has 2 atom stereocenters. The largest absolute Gasteiger partial charge is 0.296 e. The Hall–Kier alpha value is -3.25. The number of hydrogen-bond acceptors (Lipinski definition) is 4. The van der Waals surface area contributed by atoms with Crippen LogP contribution in [0.1, 0.15) is 35.8 Å². The Morgan fingerprint density at radius 2 is 2.22 bits per heavy atom. The fourth-order valence-corrected chi connectivity index (χ4v) is 3.02. The zero-order valence-electron chi connectivity index (χ0n) is 12.7. The Balaban J connectivity index is 2.23. The molecule has 0 aliphatic carbocycles. The first-order chi connectivity index (χ1) is 11.1. The number of fused-ring (bicyclic) bond motifs is 1. The number of nitrogens with zero attached hydrogens (tertiary/aromatic N) is 4. The van der Waals surface area contributed by atoms with E-state index in [4.69, 9.17) is 6.57 Å². The van der Waals surface area contributed by atoms with Crippen molar-refractivity contribution in [1.82, 2.24) is 10.2 Å². The highest BCUT2D eigenvalue weighted by Crippen LogP contribution is 2.40. The van der Waals surface area contributed by atoms with Gasteiger partial charge in [0.2, 0.25) is 0 Å². The second-order valence-corrected chi connectivity index (χ2v) is 5.45. The first-order valence-electron chi connectivity index (χ1n) is 7.07. The quantitative estimate of drug-likeness (QED) is 0.682. The SMILES string of the molecule is [C-]#[N+]C1=C(C)N=C(C)C(C#N)C1c1ccc2n[nH]c(C=O)c2c1. The van der Waals surface area contributed by atoms with E-state index in [1.54, 1.807) is 19.9 Å². The molecule has 3 rings (SSSR count). The van der Waals surface area contributed by atoms with Crippen LogP contribution >= 0.6 is 0 Å². The van der Waals surface area contributed by atoms with Gasteiger partial charge in [0.1, 0.15) is 5.69 Å². The van der Waals surface area contributed by atoms with Crippen molar-refractivity contribution in [3.05, 3.63) is 52.3 Å². The van der Waals surface area contributed by atoms with E-state index in [-0.39, 0.29) is 5.92 Å². The molecule has 0 bridgehead atoms. The van der Waals surface area contributed by atoms with Gasteiger partial charge in [-0.05, 0) is 31.5 Å². The molecule has 0 fully saturated rings. The average molecular weight is 303 g/mol. The number of aromatic amines is 1. The first-order valence-corrected chi connectivity index (χ1v) is 7.07. The molecule has 2 heterocycles. The van der Waals surface area contributed by atoms with Gasteiger partial charge in [0.25, 0.3) is 0 Å². The molecule has 0 saturated heterocycles. The summed E-state index contributed by atoms with van der Waals surface area (Å²) in [6.07, 6.45) is 0.714. The van der Waals surface area contributed by atoms with E-state index in [0.717, 1.165) is 5.56 Å². The second kappa shape index (κ2) is 5.51. The van der Waals surface area contributed by atoms with Crippen LogP contribution in [0, 0.1) is 23.8 Å². The van der Waals surface area contributed by atoms with E-state index < -0.39 is 5.92 Å². The Kier molecular flexibility index (Phi) is 3.51. The second-order valence-electron chi connectivity index (χ2n) is 5.45. The minimum Gasteiger partial charge on any atom is -0.296 e. The van der Waals surface area contributed by atoms with Gasteiger partial charge < -0.3 is 0 Å². The number of carbonyl (C=O) groups is 1. The predicted octanol–water partition coefficient (Wildman–Crippen LogP) is 3.22. The summed E-state index contributed by atoms with van der Waals surface area (Å²) in [7, 11) is 0. The van der Waals surface area contributed by atoms with E-state index in [1.165, 1.54) is 0 Å². The van der Waals surface area contributed by atoms with Crippen molar-refractivity contribution in [1.29, 1.82) is 5.26 Å². The van der Waals surface area contributed by atoms with Crippen LogP contribution < -0.4 is 0 Å². The van der Waals surface area contributed by atoms with Crippen molar-refractivity contribution in [2.45, 2.75) is 19.8 Å². The maximum atomic E-state index is 11.1. The summed E-state index contributed by atoms with van der Waals surface area (Å²) in [6.45, 7) is 11.0. The van der Waals surface area contributed by atoms with Gasteiger partial charge in [-0.15, -0.1) is 0 Å². The van der Waals surface area contributed by atoms with Crippen molar-refractivity contribution >= 4 is 22.9 Å². The number of benzene rings is 1.